The van der Waals surface area contributed by atoms with Gasteiger partial charge in [0, 0.05) is 31.9 Å². The molecule has 1 fully saturated rings. The number of anilines is 1. The van der Waals surface area contributed by atoms with E-state index in [-0.39, 0.29) is 29.9 Å². The van der Waals surface area contributed by atoms with Crippen molar-refractivity contribution in [3.05, 3.63) is 59.4 Å². The van der Waals surface area contributed by atoms with E-state index < -0.39 is 15.8 Å². The summed E-state index contributed by atoms with van der Waals surface area (Å²) in [4.78, 5) is 14.8. The number of benzene rings is 2. The summed E-state index contributed by atoms with van der Waals surface area (Å²) in [6.45, 7) is 7.18. The average Bonchev–Trinajstić information content (AvgIpc) is 2.70. The lowest BCUT2D eigenvalue weighted by atomic mass is 10.1. The van der Waals surface area contributed by atoms with E-state index in [1.54, 1.807) is 0 Å². The second-order valence-electron chi connectivity index (χ2n) is 7.33. The summed E-state index contributed by atoms with van der Waals surface area (Å²) in [7, 11) is -3.67. The largest absolute Gasteiger partial charge is 0.324 e. The van der Waals surface area contributed by atoms with E-state index >= 15 is 0 Å². The van der Waals surface area contributed by atoms with Gasteiger partial charge in [-0.2, -0.15) is 4.31 Å². The Morgan fingerprint density at radius 3 is 2.10 bits per heavy atom. The number of carbonyl (C=O) groups is 1. The maximum absolute atomic E-state index is 13.1. The molecule has 6 nitrogen and oxygen atoms in total. The molecule has 0 aromatic heterocycles. The van der Waals surface area contributed by atoms with Gasteiger partial charge in [0.2, 0.25) is 15.9 Å². The molecule has 1 saturated heterocycles. The first-order chi connectivity index (χ1) is 13.7. The molecule has 2 aromatic rings. The van der Waals surface area contributed by atoms with E-state index in [0.717, 1.165) is 28.9 Å². The lowest BCUT2D eigenvalue weighted by molar-refractivity contribution is -0.121. The Kier molecular flexibility index (Phi) is 6.36. The Morgan fingerprint density at radius 1 is 1.00 bits per heavy atom. The van der Waals surface area contributed by atoms with E-state index in [4.69, 9.17) is 0 Å². The molecule has 3 rings (SSSR count). The molecule has 0 unspecified atom stereocenters. The summed E-state index contributed by atoms with van der Waals surface area (Å²) in [6, 6.07) is 10.3. The minimum atomic E-state index is -3.67. The highest BCUT2D eigenvalue weighted by Gasteiger charge is 2.32. The summed E-state index contributed by atoms with van der Waals surface area (Å²) in [6.07, 6.45) is 0. The standard InChI is InChI=1S/C21H26FN3O3S/c1-15-5-4-6-16(2)20(15)23-21(26)17(3)24-11-13-25(14-12-24)29(27,28)19-9-7-18(22)8-10-19/h4-10,17H,11-14H2,1-3H3,(H,23,26)/t17-/m0/s1. The van der Waals surface area contributed by atoms with Gasteiger partial charge < -0.3 is 5.32 Å². The number of carbonyl (C=O) groups excluding carboxylic acids is 1. The topological polar surface area (TPSA) is 69.7 Å². The molecule has 29 heavy (non-hydrogen) atoms. The summed E-state index contributed by atoms with van der Waals surface area (Å²) in [5.41, 5.74) is 2.82. The molecule has 1 aliphatic rings. The molecular weight excluding hydrogens is 393 g/mol. The predicted octanol–water partition coefficient (Wildman–Crippen LogP) is 2.78. The van der Waals surface area contributed by atoms with Gasteiger partial charge in [-0.15, -0.1) is 0 Å². The minimum Gasteiger partial charge on any atom is -0.324 e. The second-order valence-corrected chi connectivity index (χ2v) is 9.26. The smallest absolute Gasteiger partial charge is 0.243 e. The first-order valence-corrected chi connectivity index (χ1v) is 11.0. The first-order valence-electron chi connectivity index (χ1n) is 9.57. The quantitative estimate of drug-likeness (QED) is 0.809. The van der Waals surface area contributed by atoms with Crippen molar-refractivity contribution in [3.63, 3.8) is 0 Å². The van der Waals surface area contributed by atoms with Gasteiger partial charge >= 0.3 is 0 Å². The maximum atomic E-state index is 13.1. The normalized spacial score (nSPS) is 17.1. The molecule has 1 aliphatic heterocycles. The molecule has 1 heterocycles. The number of amides is 1. The number of halogens is 1. The lowest BCUT2D eigenvalue weighted by Crippen LogP contribution is -2.53. The van der Waals surface area contributed by atoms with Crippen molar-refractivity contribution < 1.29 is 17.6 Å². The molecule has 0 radical (unpaired) electrons. The number of piperazine rings is 1. The molecule has 0 bridgehead atoms. The van der Waals surface area contributed by atoms with Crippen LogP contribution in [0.2, 0.25) is 0 Å². The Bertz CT molecular complexity index is 964. The fourth-order valence-corrected chi connectivity index (χ4v) is 4.91. The fourth-order valence-electron chi connectivity index (χ4n) is 3.49. The zero-order chi connectivity index (χ0) is 21.2. The zero-order valence-corrected chi connectivity index (χ0v) is 17.7. The van der Waals surface area contributed by atoms with Crippen LogP contribution >= 0.6 is 0 Å². The van der Waals surface area contributed by atoms with E-state index in [2.05, 4.69) is 5.32 Å². The van der Waals surface area contributed by atoms with Gasteiger partial charge in [0.25, 0.3) is 0 Å². The van der Waals surface area contributed by atoms with E-state index in [1.807, 2.05) is 43.9 Å². The Labute approximate surface area is 171 Å². The van der Waals surface area contributed by atoms with Gasteiger partial charge in [-0.05, 0) is 56.2 Å². The molecule has 0 spiro atoms. The van der Waals surface area contributed by atoms with Crippen LogP contribution in [-0.4, -0.2) is 55.8 Å². The predicted molar refractivity (Wildman–Crippen MR) is 111 cm³/mol. The molecule has 1 N–H and O–H groups in total. The number of nitrogens with zero attached hydrogens (tertiary/aromatic N) is 2. The van der Waals surface area contributed by atoms with Gasteiger partial charge in [-0.1, -0.05) is 18.2 Å². The summed E-state index contributed by atoms with van der Waals surface area (Å²) >= 11 is 0. The summed E-state index contributed by atoms with van der Waals surface area (Å²) in [5, 5.41) is 3.00. The third kappa shape index (κ3) is 4.66. The molecule has 8 heteroatoms. The molecule has 1 amide bonds. The van der Waals surface area contributed by atoms with Gasteiger partial charge in [0.15, 0.2) is 0 Å². The van der Waals surface area contributed by atoms with E-state index in [9.17, 15) is 17.6 Å². The minimum absolute atomic E-state index is 0.0770. The van der Waals surface area contributed by atoms with E-state index in [1.165, 1.54) is 16.4 Å². The van der Waals surface area contributed by atoms with Crippen molar-refractivity contribution in [3.8, 4) is 0 Å². The number of hydrogen-bond acceptors (Lipinski definition) is 4. The molecule has 2 aromatic carbocycles. The lowest BCUT2D eigenvalue weighted by Gasteiger charge is -2.36. The Balaban J connectivity index is 1.62. The van der Waals surface area contributed by atoms with Gasteiger partial charge in [-0.25, -0.2) is 12.8 Å². The molecule has 0 aliphatic carbocycles. The number of sulfonamides is 1. The van der Waals surface area contributed by atoms with Crippen LogP contribution in [0.3, 0.4) is 0 Å². The zero-order valence-electron chi connectivity index (χ0n) is 16.9. The Morgan fingerprint density at radius 2 is 1.55 bits per heavy atom. The number of nitrogens with one attached hydrogen (secondary N) is 1. The second kappa shape index (κ2) is 8.61. The van der Waals surface area contributed by atoms with Crippen LogP contribution in [0.5, 0.6) is 0 Å². The van der Waals surface area contributed by atoms with Crippen molar-refractivity contribution >= 4 is 21.6 Å². The van der Waals surface area contributed by atoms with Crippen molar-refractivity contribution in [1.82, 2.24) is 9.21 Å². The average molecular weight is 420 g/mol. The van der Waals surface area contributed by atoms with Crippen molar-refractivity contribution in [1.29, 1.82) is 0 Å². The number of rotatable bonds is 5. The van der Waals surface area contributed by atoms with Gasteiger partial charge in [0.05, 0.1) is 10.9 Å². The summed E-state index contributed by atoms with van der Waals surface area (Å²) < 4.78 is 39.9. The highest BCUT2D eigenvalue weighted by Crippen LogP contribution is 2.22. The molecule has 0 saturated carbocycles. The van der Waals surface area contributed by atoms with Crippen LogP contribution in [0.4, 0.5) is 10.1 Å². The number of hydrogen-bond donors (Lipinski definition) is 1. The highest BCUT2D eigenvalue weighted by atomic mass is 32.2. The number of para-hydroxylation sites is 1. The number of aryl methyl sites for hydroxylation is 2. The Hall–Kier alpha value is -2.29. The van der Waals surface area contributed by atoms with Crippen LogP contribution < -0.4 is 5.32 Å². The monoisotopic (exact) mass is 419 g/mol. The maximum Gasteiger partial charge on any atom is 0.243 e. The van der Waals surface area contributed by atoms with Crippen LogP contribution in [-0.2, 0) is 14.8 Å². The fraction of sp³-hybridized carbons (Fsp3) is 0.381. The SMILES string of the molecule is Cc1cccc(C)c1NC(=O)[C@H](C)N1CCN(S(=O)(=O)c2ccc(F)cc2)CC1. The van der Waals surface area contributed by atoms with Crippen LogP contribution in [0.15, 0.2) is 47.4 Å². The summed E-state index contributed by atoms with van der Waals surface area (Å²) in [5.74, 6) is -0.588. The van der Waals surface area contributed by atoms with Crippen molar-refractivity contribution in [2.24, 2.45) is 0 Å². The van der Waals surface area contributed by atoms with Crippen molar-refractivity contribution in [2.75, 3.05) is 31.5 Å². The van der Waals surface area contributed by atoms with Crippen LogP contribution in [0, 0.1) is 19.7 Å². The van der Waals surface area contributed by atoms with Crippen LogP contribution in [0.1, 0.15) is 18.1 Å². The van der Waals surface area contributed by atoms with Gasteiger partial charge in [-0.3, -0.25) is 9.69 Å². The van der Waals surface area contributed by atoms with Crippen LogP contribution in [0.25, 0.3) is 0 Å². The molecule has 156 valence electrons. The van der Waals surface area contributed by atoms with Crippen molar-refractivity contribution in [2.45, 2.75) is 31.7 Å². The third-order valence-corrected chi connectivity index (χ3v) is 7.29. The highest BCUT2D eigenvalue weighted by molar-refractivity contribution is 7.89. The first kappa shape index (κ1) is 21.4. The molecule has 1 atom stereocenters. The molecular formula is C21H26FN3O3S. The third-order valence-electron chi connectivity index (χ3n) is 5.38. The van der Waals surface area contributed by atoms with E-state index in [0.29, 0.717) is 13.1 Å². The van der Waals surface area contributed by atoms with Gasteiger partial charge in [0.1, 0.15) is 5.82 Å².